The molecule has 0 amide bonds. The van der Waals surface area contributed by atoms with Crippen molar-refractivity contribution in [1.29, 1.82) is 0 Å². The number of likely N-dealkylation sites (N-methyl/N-ethyl adjacent to an activating group) is 1. The Labute approximate surface area is 123 Å². The van der Waals surface area contributed by atoms with Gasteiger partial charge in [-0.1, -0.05) is 28.1 Å². The standard InChI is InChI=1S/C14H23BrN2S/c1-11(16)14(17(2)9-4-10-18-3)12-5-7-13(15)8-6-12/h5-8,11,14H,4,9-10,16H2,1-3H3. The molecule has 0 radical (unpaired) electrons. The van der Waals surface area contributed by atoms with Gasteiger partial charge in [0.05, 0.1) is 0 Å². The number of halogens is 1. The van der Waals surface area contributed by atoms with Crippen molar-refractivity contribution in [3.8, 4) is 0 Å². The number of nitrogens with zero attached hydrogens (tertiary/aromatic N) is 1. The second kappa shape index (κ2) is 8.20. The zero-order valence-electron chi connectivity index (χ0n) is 11.4. The van der Waals surface area contributed by atoms with Crippen molar-refractivity contribution in [2.24, 2.45) is 5.73 Å². The molecule has 2 N–H and O–H groups in total. The van der Waals surface area contributed by atoms with Crippen molar-refractivity contribution in [1.82, 2.24) is 4.90 Å². The lowest BCUT2D eigenvalue weighted by Gasteiger charge is -2.31. The van der Waals surface area contributed by atoms with Crippen molar-refractivity contribution < 1.29 is 0 Å². The molecule has 1 rings (SSSR count). The first kappa shape index (κ1) is 16.0. The molecule has 0 aromatic heterocycles. The summed E-state index contributed by atoms with van der Waals surface area (Å²) in [5, 5.41) is 0. The Kier molecular flexibility index (Phi) is 7.30. The first-order valence-electron chi connectivity index (χ1n) is 6.26. The van der Waals surface area contributed by atoms with E-state index in [0.717, 1.165) is 11.0 Å². The molecule has 0 bridgehead atoms. The van der Waals surface area contributed by atoms with Crippen LogP contribution in [-0.4, -0.2) is 36.5 Å². The van der Waals surface area contributed by atoms with Crippen LogP contribution in [0, 0.1) is 0 Å². The topological polar surface area (TPSA) is 29.3 Å². The van der Waals surface area contributed by atoms with Gasteiger partial charge in [-0.25, -0.2) is 0 Å². The van der Waals surface area contributed by atoms with Gasteiger partial charge in [0.15, 0.2) is 0 Å². The van der Waals surface area contributed by atoms with E-state index >= 15 is 0 Å². The summed E-state index contributed by atoms with van der Waals surface area (Å²) in [6, 6.07) is 8.90. The van der Waals surface area contributed by atoms with Crippen molar-refractivity contribution >= 4 is 27.7 Å². The quantitative estimate of drug-likeness (QED) is 0.775. The number of nitrogens with two attached hydrogens (primary N) is 1. The molecule has 1 aromatic rings. The fourth-order valence-electron chi connectivity index (χ4n) is 2.22. The Morgan fingerprint density at radius 1 is 1.33 bits per heavy atom. The van der Waals surface area contributed by atoms with Crippen LogP contribution in [0.15, 0.2) is 28.7 Å². The molecule has 1 aromatic carbocycles. The molecular weight excluding hydrogens is 308 g/mol. The number of benzene rings is 1. The number of hydrogen-bond donors (Lipinski definition) is 1. The summed E-state index contributed by atoms with van der Waals surface area (Å²) in [5.74, 6) is 1.20. The molecule has 2 unspecified atom stereocenters. The normalized spacial score (nSPS) is 14.8. The SMILES string of the molecule is CSCCCN(C)C(c1ccc(Br)cc1)C(C)N. The maximum atomic E-state index is 6.15. The first-order valence-corrected chi connectivity index (χ1v) is 8.45. The van der Waals surface area contributed by atoms with Gasteiger partial charge in [-0.2, -0.15) is 11.8 Å². The van der Waals surface area contributed by atoms with E-state index in [1.807, 2.05) is 11.8 Å². The summed E-state index contributed by atoms with van der Waals surface area (Å²) in [7, 11) is 2.16. The van der Waals surface area contributed by atoms with Crippen LogP contribution in [0.25, 0.3) is 0 Å². The van der Waals surface area contributed by atoms with Gasteiger partial charge >= 0.3 is 0 Å². The lowest BCUT2D eigenvalue weighted by Crippen LogP contribution is -2.37. The van der Waals surface area contributed by atoms with Gasteiger partial charge in [0.25, 0.3) is 0 Å². The van der Waals surface area contributed by atoms with E-state index in [2.05, 4.69) is 65.3 Å². The van der Waals surface area contributed by atoms with Crippen molar-refractivity contribution in [2.45, 2.75) is 25.4 Å². The first-order chi connectivity index (χ1) is 8.56. The van der Waals surface area contributed by atoms with Crippen LogP contribution in [0.5, 0.6) is 0 Å². The minimum absolute atomic E-state index is 0.130. The van der Waals surface area contributed by atoms with Gasteiger partial charge in [-0.3, -0.25) is 4.90 Å². The van der Waals surface area contributed by atoms with E-state index in [1.165, 1.54) is 17.7 Å². The molecule has 102 valence electrons. The van der Waals surface area contributed by atoms with E-state index in [4.69, 9.17) is 5.73 Å². The molecule has 2 atom stereocenters. The fraction of sp³-hybridized carbons (Fsp3) is 0.571. The van der Waals surface area contributed by atoms with Crippen LogP contribution in [-0.2, 0) is 0 Å². The molecular formula is C14H23BrN2S. The minimum atomic E-state index is 0.130. The highest BCUT2D eigenvalue weighted by Gasteiger charge is 2.20. The van der Waals surface area contributed by atoms with E-state index in [0.29, 0.717) is 6.04 Å². The second-order valence-electron chi connectivity index (χ2n) is 4.68. The Hall–Kier alpha value is -0.0300. The zero-order valence-corrected chi connectivity index (χ0v) is 13.8. The summed E-state index contributed by atoms with van der Waals surface area (Å²) < 4.78 is 1.11. The predicted octanol–water partition coefficient (Wildman–Crippen LogP) is 3.52. The Morgan fingerprint density at radius 3 is 2.44 bits per heavy atom. The van der Waals surface area contributed by atoms with Crippen LogP contribution in [0.2, 0.25) is 0 Å². The number of thioether (sulfide) groups is 1. The molecule has 0 fully saturated rings. The van der Waals surface area contributed by atoms with Gasteiger partial charge in [0, 0.05) is 16.6 Å². The van der Waals surface area contributed by atoms with E-state index < -0.39 is 0 Å². The van der Waals surface area contributed by atoms with Gasteiger partial charge in [0.2, 0.25) is 0 Å². The van der Waals surface area contributed by atoms with Crippen LogP contribution in [0.1, 0.15) is 24.9 Å². The second-order valence-corrected chi connectivity index (χ2v) is 6.58. The van der Waals surface area contributed by atoms with Crippen molar-refractivity contribution in [2.75, 3.05) is 25.6 Å². The van der Waals surface area contributed by atoms with Crippen LogP contribution < -0.4 is 5.73 Å². The van der Waals surface area contributed by atoms with E-state index in [1.54, 1.807) is 0 Å². The van der Waals surface area contributed by atoms with E-state index in [-0.39, 0.29) is 6.04 Å². The van der Waals surface area contributed by atoms with Crippen molar-refractivity contribution in [3.63, 3.8) is 0 Å². The molecule has 2 nitrogen and oxygen atoms in total. The Balaban J connectivity index is 2.72. The monoisotopic (exact) mass is 330 g/mol. The molecule has 0 aliphatic heterocycles. The van der Waals surface area contributed by atoms with Gasteiger partial charge in [0.1, 0.15) is 0 Å². The van der Waals surface area contributed by atoms with E-state index in [9.17, 15) is 0 Å². The summed E-state index contributed by atoms with van der Waals surface area (Å²) >= 11 is 5.37. The lowest BCUT2D eigenvalue weighted by atomic mass is 9.99. The lowest BCUT2D eigenvalue weighted by molar-refractivity contribution is 0.220. The number of hydrogen-bond acceptors (Lipinski definition) is 3. The highest BCUT2D eigenvalue weighted by atomic mass is 79.9. The third-order valence-corrected chi connectivity index (χ3v) is 4.27. The molecule has 0 heterocycles. The maximum Gasteiger partial charge on any atom is 0.0493 e. The van der Waals surface area contributed by atoms with Crippen LogP contribution in [0.4, 0.5) is 0 Å². The Morgan fingerprint density at radius 2 is 1.94 bits per heavy atom. The van der Waals surface area contributed by atoms with Gasteiger partial charge in [-0.15, -0.1) is 0 Å². The van der Waals surface area contributed by atoms with Crippen molar-refractivity contribution in [3.05, 3.63) is 34.3 Å². The third-order valence-electron chi connectivity index (χ3n) is 3.04. The summed E-state index contributed by atoms with van der Waals surface area (Å²) in [5.41, 5.74) is 7.44. The van der Waals surface area contributed by atoms with Gasteiger partial charge in [-0.05, 0) is 56.6 Å². The highest BCUT2D eigenvalue weighted by molar-refractivity contribution is 9.10. The van der Waals surface area contributed by atoms with Crippen LogP contribution >= 0.6 is 27.7 Å². The fourth-order valence-corrected chi connectivity index (χ4v) is 2.90. The molecule has 18 heavy (non-hydrogen) atoms. The summed E-state index contributed by atoms with van der Waals surface area (Å²) in [4.78, 5) is 2.37. The average Bonchev–Trinajstić information content (AvgIpc) is 2.32. The molecule has 0 spiro atoms. The van der Waals surface area contributed by atoms with Crippen LogP contribution in [0.3, 0.4) is 0 Å². The Bertz CT molecular complexity index is 340. The molecule has 0 aliphatic carbocycles. The predicted molar refractivity (Wildman–Crippen MR) is 86.2 cm³/mol. The zero-order chi connectivity index (χ0) is 13.5. The third kappa shape index (κ3) is 4.92. The molecule has 4 heteroatoms. The number of rotatable bonds is 7. The summed E-state index contributed by atoms with van der Waals surface area (Å²) in [6.07, 6.45) is 3.36. The molecule has 0 aliphatic rings. The highest BCUT2D eigenvalue weighted by Crippen LogP contribution is 2.24. The minimum Gasteiger partial charge on any atom is -0.326 e. The average molecular weight is 331 g/mol. The van der Waals surface area contributed by atoms with Gasteiger partial charge < -0.3 is 5.73 Å². The maximum absolute atomic E-state index is 6.15. The largest absolute Gasteiger partial charge is 0.326 e. The molecule has 0 saturated heterocycles. The summed E-state index contributed by atoms with van der Waals surface area (Å²) in [6.45, 7) is 3.17. The smallest absolute Gasteiger partial charge is 0.0493 e. The molecule has 0 saturated carbocycles.